The molecule has 0 fully saturated rings. The molecule has 0 radical (unpaired) electrons. The van der Waals surface area contributed by atoms with Crippen LogP contribution >= 0.6 is 11.3 Å². The molecule has 0 unspecified atom stereocenters. The van der Waals surface area contributed by atoms with Gasteiger partial charge >= 0.3 is 0 Å². The third kappa shape index (κ3) is 4.61. The second kappa shape index (κ2) is 6.90. The number of hydrogen-bond acceptors (Lipinski definition) is 4. The minimum atomic E-state index is -0.339. The molecule has 6 heteroatoms. The Morgan fingerprint density at radius 2 is 1.90 bits per heavy atom. The van der Waals surface area contributed by atoms with Gasteiger partial charge in [-0.25, -0.2) is 0 Å². The van der Waals surface area contributed by atoms with Gasteiger partial charge in [0.15, 0.2) is 0 Å². The van der Waals surface area contributed by atoms with E-state index in [1.165, 1.54) is 6.92 Å². The van der Waals surface area contributed by atoms with Crippen molar-refractivity contribution < 1.29 is 9.59 Å². The highest BCUT2D eigenvalue weighted by molar-refractivity contribution is 7.10. The largest absolute Gasteiger partial charge is 0.380 e. The summed E-state index contributed by atoms with van der Waals surface area (Å²) < 4.78 is 0. The van der Waals surface area contributed by atoms with Gasteiger partial charge in [0, 0.05) is 17.5 Å². The van der Waals surface area contributed by atoms with Crippen LogP contribution in [0.2, 0.25) is 0 Å². The number of nitrogens with one attached hydrogen (secondary N) is 2. The first kappa shape index (κ1) is 15.1. The average molecular weight is 303 g/mol. The summed E-state index contributed by atoms with van der Waals surface area (Å²) in [6, 6.07) is 9.44. The lowest BCUT2D eigenvalue weighted by atomic mass is 10.1. The molecule has 2 amide bonds. The summed E-state index contributed by atoms with van der Waals surface area (Å²) >= 11 is 1.58. The Bertz CT molecular complexity index is 635. The molecule has 0 aliphatic heterocycles. The van der Waals surface area contributed by atoms with Crippen molar-refractivity contribution in [3.63, 3.8) is 0 Å². The summed E-state index contributed by atoms with van der Waals surface area (Å²) in [7, 11) is 0. The van der Waals surface area contributed by atoms with Crippen LogP contribution in [0.25, 0.3) is 0 Å². The molecule has 1 heterocycles. The fourth-order valence-corrected chi connectivity index (χ4v) is 2.67. The highest BCUT2D eigenvalue weighted by Crippen LogP contribution is 2.23. The van der Waals surface area contributed by atoms with E-state index < -0.39 is 0 Å². The summed E-state index contributed by atoms with van der Waals surface area (Å²) in [5.74, 6) is -0.417. The van der Waals surface area contributed by atoms with Gasteiger partial charge in [-0.05, 0) is 29.1 Å². The minimum Gasteiger partial charge on any atom is -0.380 e. The fourth-order valence-electron chi connectivity index (χ4n) is 1.90. The predicted octanol–water partition coefficient (Wildman–Crippen LogP) is 2.35. The van der Waals surface area contributed by atoms with Crippen LogP contribution in [0, 0.1) is 0 Å². The van der Waals surface area contributed by atoms with Crippen molar-refractivity contribution in [3.8, 4) is 0 Å². The van der Waals surface area contributed by atoms with E-state index in [-0.39, 0.29) is 18.2 Å². The standard InChI is InChI=1S/C15H17N3O2S/c1-10(19)18-13-6-7-21-14(13)9-17-12-4-2-11(3-5-12)8-15(16)20/h2-7,17H,8-9H2,1H3,(H2,16,20)(H,18,19). The highest BCUT2D eigenvalue weighted by atomic mass is 32.1. The molecule has 1 aromatic carbocycles. The first-order chi connectivity index (χ1) is 10.0. The van der Waals surface area contributed by atoms with Gasteiger partial charge < -0.3 is 16.4 Å². The van der Waals surface area contributed by atoms with Crippen LogP contribution in [-0.2, 0) is 22.6 Å². The lowest BCUT2D eigenvalue weighted by Crippen LogP contribution is -2.13. The van der Waals surface area contributed by atoms with Crippen LogP contribution in [0.3, 0.4) is 0 Å². The zero-order valence-corrected chi connectivity index (χ0v) is 12.5. The number of benzene rings is 1. The van der Waals surface area contributed by atoms with Gasteiger partial charge in [-0.1, -0.05) is 12.1 Å². The van der Waals surface area contributed by atoms with E-state index in [9.17, 15) is 9.59 Å². The SMILES string of the molecule is CC(=O)Nc1ccsc1CNc1ccc(CC(N)=O)cc1. The van der Waals surface area contributed by atoms with Gasteiger partial charge in [-0.3, -0.25) is 9.59 Å². The van der Waals surface area contributed by atoms with Gasteiger partial charge in [0.05, 0.1) is 18.7 Å². The molecule has 0 atom stereocenters. The maximum absolute atomic E-state index is 11.1. The van der Waals surface area contributed by atoms with Crippen molar-refractivity contribution in [2.45, 2.75) is 19.9 Å². The molecule has 0 saturated heterocycles. The monoisotopic (exact) mass is 303 g/mol. The number of nitrogens with two attached hydrogens (primary N) is 1. The van der Waals surface area contributed by atoms with E-state index in [1.54, 1.807) is 11.3 Å². The third-order valence-corrected chi connectivity index (χ3v) is 3.76. The van der Waals surface area contributed by atoms with E-state index >= 15 is 0 Å². The zero-order valence-electron chi connectivity index (χ0n) is 11.7. The van der Waals surface area contributed by atoms with Gasteiger partial charge in [0.2, 0.25) is 11.8 Å². The van der Waals surface area contributed by atoms with Crippen LogP contribution in [0.4, 0.5) is 11.4 Å². The van der Waals surface area contributed by atoms with Crippen LogP contribution < -0.4 is 16.4 Å². The molecule has 1 aromatic heterocycles. The highest BCUT2D eigenvalue weighted by Gasteiger charge is 2.05. The maximum atomic E-state index is 11.1. The van der Waals surface area contributed by atoms with Gasteiger partial charge in [-0.15, -0.1) is 11.3 Å². The average Bonchev–Trinajstić information content (AvgIpc) is 2.84. The van der Waals surface area contributed by atoms with E-state index in [4.69, 9.17) is 5.73 Å². The van der Waals surface area contributed by atoms with Crippen molar-refractivity contribution in [2.24, 2.45) is 5.73 Å². The summed E-state index contributed by atoms with van der Waals surface area (Å²) in [4.78, 5) is 23.0. The van der Waals surface area contributed by atoms with Gasteiger partial charge in [0.25, 0.3) is 0 Å². The number of thiophene rings is 1. The molecule has 0 aliphatic rings. The van der Waals surface area contributed by atoms with Crippen molar-refractivity contribution in [1.82, 2.24) is 0 Å². The molecule has 4 N–H and O–H groups in total. The smallest absolute Gasteiger partial charge is 0.221 e. The molecule has 21 heavy (non-hydrogen) atoms. The first-order valence-corrected chi connectivity index (χ1v) is 7.37. The topological polar surface area (TPSA) is 84.2 Å². The summed E-state index contributed by atoms with van der Waals surface area (Å²) in [6.45, 7) is 2.12. The Hall–Kier alpha value is -2.34. The van der Waals surface area contributed by atoms with Crippen LogP contribution in [0.1, 0.15) is 17.4 Å². The molecular formula is C15H17N3O2S. The van der Waals surface area contributed by atoms with Gasteiger partial charge in [0.1, 0.15) is 0 Å². The normalized spacial score (nSPS) is 10.1. The number of rotatable bonds is 6. The number of anilines is 2. The van der Waals surface area contributed by atoms with Crippen molar-refractivity contribution >= 4 is 34.5 Å². The number of carbonyl (C=O) groups excluding carboxylic acids is 2. The Kier molecular flexibility index (Phi) is 4.94. The molecular weight excluding hydrogens is 286 g/mol. The summed E-state index contributed by atoms with van der Waals surface area (Å²) in [5, 5.41) is 8.03. The Balaban J connectivity index is 1.95. The number of carbonyl (C=O) groups is 2. The summed E-state index contributed by atoms with van der Waals surface area (Å²) in [6.07, 6.45) is 0.248. The third-order valence-electron chi connectivity index (χ3n) is 2.84. The fraction of sp³-hybridized carbons (Fsp3) is 0.200. The van der Waals surface area contributed by atoms with E-state index in [1.807, 2.05) is 35.7 Å². The van der Waals surface area contributed by atoms with Crippen LogP contribution in [-0.4, -0.2) is 11.8 Å². The lowest BCUT2D eigenvalue weighted by molar-refractivity contribution is -0.117. The Morgan fingerprint density at radius 1 is 1.19 bits per heavy atom. The Labute approximate surface area is 127 Å². The molecule has 0 aliphatic carbocycles. The second-order valence-corrected chi connectivity index (χ2v) is 5.63. The predicted molar refractivity (Wildman–Crippen MR) is 85.3 cm³/mol. The summed E-state index contributed by atoms with van der Waals surface area (Å²) in [5.41, 5.74) is 7.83. The quantitative estimate of drug-likeness (QED) is 0.766. The molecule has 0 bridgehead atoms. The van der Waals surface area contributed by atoms with Gasteiger partial charge in [-0.2, -0.15) is 0 Å². The first-order valence-electron chi connectivity index (χ1n) is 6.49. The number of primary amides is 1. The molecule has 5 nitrogen and oxygen atoms in total. The molecule has 0 spiro atoms. The Morgan fingerprint density at radius 3 is 2.52 bits per heavy atom. The molecule has 2 rings (SSSR count). The van der Waals surface area contributed by atoms with Crippen molar-refractivity contribution in [3.05, 3.63) is 46.2 Å². The number of hydrogen-bond donors (Lipinski definition) is 3. The lowest BCUT2D eigenvalue weighted by Gasteiger charge is -2.08. The van der Waals surface area contributed by atoms with Crippen molar-refractivity contribution in [2.75, 3.05) is 10.6 Å². The van der Waals surface area contributed by atoms with Crippen LogP contribution in [0.15, 0.2) is 35.7 Å². The second-order valence-electron chi connectivity index (χ2n) is 4.63. The minimum absolute atomic E-state index is 0.0783. The molecule has 110 valence electrons. The number of amides is 2. The van der Waals surface area contributed by atoms with E-state index in [2.05, 4.69) is 10.6 Å². The van der Waals surface area contributed by atoms with Crippen LogP contribution in [0.5, 0.6) is 0 Å². The zero-order chi connectivity index (χ0) is 15.2. The molecule has 2 aromatic rings. The molecule has 0 saturated carbocycles. The van der Waals surface area contributed by atoms with E-state index in [0.717, 1.165) is 21.8 Å². The maximum Gasteiger partial charge on any atom is 0.221 e. The van der Waals surface area contributed by atoms with Crippen molar-refractivity contribution in [1.29, 1.82) is 0 Å². The van der Waals surface area contributed by atoms with E-state index in [0.29, 0.717) is 6.54 Å².